The highest BCUT2D eigenvalue weighted by molar-refractivity contribution is 5.97. The molecule has 5 nitrogen and oxygen atoms in total. The minimum Gasteiger partial charge on any atom is -0.366 e. The number of hydrogen-bond acceptors (Lipinski definition) is 4. The Morgan fingerprint density at radius 2 is 2.24 bits per heavy atom. The molecule has 0 aliphatic heterocycles. The van der Waals surface area contributed by atoms with E-state index in [1.54, 1.807) is 18.3 Å². The summed E-state index contributed by atoms with van der Waals surface area (Å²) in [7, 11) is 0. The fourth-order valence-electron chi connectivity index (χ4n) is 1.65. The smallest absolute Gasteiger partial charge is 0.252 e. The molecule has 94 valence electrons. The molecule has 0 aliphatic carbocycles. The molecule has 0 aromatic carbocycles. The van der Waals surface area contributed by atoms with Crippen molar-refractivity contribution in [3.63, 3.8) is 0 Å². The van der Waals surface area contributed by atoms with Crippen molar-refractivity contribution in [2.24, 2.45) is 17.4 Å². The first-order valence-corrected chi connectivity index (χ1v) is 5.77. The molecule has 1 amide bonds. The molecule has 1 atom stereocenters. The molecule has 0 saturated heterocycles. The first-order chi connectivity index (χ1) is 8.06. The van der Waals surface area contributed by atoms with Gasteiger partial charge in [-0.3, -0.25) is 4.79 Å². The molecule has 0 fully saturated rings. The van der Waals surface area contributed by atoms with Gasteiger partial charge in [-0.15, -0.1) is 0 Å². The van der Waals surface area contributed by atoms with Crippen molar-refractivity contribution < 1.29 is 4.79 Å². The van der Waals surface area contributed by atoms with E-state index in [-0.39, 0.29) is 6.04 Å². The summed E-state index contributed by atoms with van der Waals surface area (Å²) in [5.41, 5.74) is 11.3. The Kier molecular flexibility index (Phi) is 4.90. The monoisotopic (exact) mass is 236 g/mol. The van der Waals surface area contributed by atoms with Crippen LogP contribution in [0, 0.1) is 5.92 Å². The lowest BCUT2D eigenvalue weighted by atomic mass is 10.0. The SMILES string of the molecule is CC(C)C(CCN)Nc1ncccc1C(N)=O. The Bertz CT molecular complexity index is 379. The topological polar surface area (TPSA) is 94.0 Å². The number of nitrogens with two attached hydrogens (primary N) is 2. The van der Waals surface area contributed by atoms with Crippen molar-refractivity contribution in [3.05, 3.63) is 23.9 Å². The summed E-state index contributed by atoms with van der Waals surface area (Å²) >= 11 is 0. The van der Waals surface area contributed by atoms with Crippen LogP contribution in [0.15, 0.2) is 18.3 Å². The number of anilines is 1. The molecule has 1 unspecified atom stereocenters. The fraction of sp³-hybridized carbons (Fsp3) is 0.500. The fourth-order valence-corrected chi connectivity index (χ4v) is 1.65. The highest BCUT2D eigenvalue weighted by atomic mass is 16.1. The van der Waals surface area contributed by atoms with Crippen molar-refractivity contribution >= 4 is 11.7 Å². The molecule has 5 heteroatoms. The van der Waals surface area contributed by atoms with Gasteiger partial charge in [0.25, 0.3) is 5.91 Å². The average molecular weight is 236 g/mol. The van der Waals surface area contributed by atoms with Gasteiger partial charge in [0.2, 0.25) is 0 Å². The first kappa shape index (κ1) is 13.4. The Morgan fingerprint density at radius 1 is 1.53 bits per heavy atom. The van der Waals surface area contributed by atoms with Crippen molar-refractivity contribution in [2.75, 3.05) is 11.9 Å². The predicted octanol–water partition coefficient (Wildman–Crippen LogP) is 0.966. The lowest BCUT2D eigenvalue weighted by molar-refractivity contribution is 0.100. The van der Waals surface area contributed by atoms with E-state index < -0.39 is 5.91 Å². The molecule has 0 aliphatic rings. The molecule has 17 heavy (non-hydrogen) atoms. The van der Waals surface area contributed by atoms with E-state index in [4.69, 9.17) is 11.5 Å². The van der Waals surface area contributed by atoms with Crippen LogP contribution in [0.25, 0.3) is 0 Å². The zero-order valence-electron chi connectivity index (χ0n) is 10.3. The largest absolute Gasteiger partial charge is 0.366 e. The Balaban J connectivity index is 2.88. The molecule has 0 saturated carbocycles. The second-order valence-corrected chi connectivity index (χ2v) is 4.34. The second kappa shape index (κ2) is 6.20. The van der Waals surface area contributed by atoms with Gasteiger partial charge in [0.15, 0.2) is 0 Å². The standard InChI is InChI=1S/C12H20N4O/c1-8(2)10(5-6-13)16-12-9(11(14)17)4-3-7-15-12/h3-4,7-8,10H,5-6,13H2,1-2H3,(H2,14,17)(H,15,16). The van der Waals surface area contributed by atoms with Gasteiger partial charge in [-0.25, -0.2) is 4.98 Å². The number of hydrogen-bond donors (Lipinski definition) is 3. The highest BCUT2D eigenvalue weighted by Crippen LogP contribution is 2.16. The molecule has 0 bridgehead atoms. The van der Waals surface area contributed by atoms with E-state index in [0.29, 0.717) is 23.8 Å². The van der Waals surface area contributed by atoms with E-state index in [0.717, 1.165) is 6.42 Å². The third-order valence-corrected chi connectivity index (χ3v) is 2.68. The summed E-state index contributed by atoms with van der Waals surface area (Å²) in [6, 6.07) is 3.55. The van der Waals surface area contributed by atoms with Crippen LogP contribution in [0.5, 0.6) is 0 Å². The van der Waals surface area contributed by atoms with Gasteiger partial charge < -0.3 is 16.8 Å². The van der Waals surface area contributed by atoms with Gasteiger partial charge in [-0.2, -0.15) is 0 Å². The normalized spacial score (nSPS) is 12.5. The maximum atomic E-state index is 11.2. The minimum atomic E-state index is -0.476. The second-order valence-electron chi connectivity index (χ2n) is 4.34. The highest BCUT2D eigenvalue weighted by Gasteiger charge is 2.16. The number of nitrogens with one attached hydrogen (secondary N) is 1. The number of pyridine rings is 1. The zero-order chi connectivity index (χ0) is 12.8. The van der Waals surface area contributed by atoms with Crippen molar-refractivity contribution in [3.8, 4) is 0 Å². The third-order valence-electron chi connectivity index (χ3n) is 2.68. The average Bonchev–Trinajstić information content (AvgIpc) is 2.28. The lowest BCUT2D eigenvalue weighted by Crippen LogP contribution is -2.30. The minimum absolute atomic E-state index is 0.188. The Morgan fingerprint density at radius 3 is 2.76 bits per heavy atom. The first-order valence-electron chi connectivity index (χ1n) is 5.77. The number of primary amides is 1. The van der Waals surface area contributed by atoms with Crippen LogP contribution in [0.3, 0.4) is 0 Å². The number of carbonyl (C=O) groups excluding carboxylic acids is 1. The summed E-state index contributed by atoms with van der Waals surface area (Å²) in [5.74, 6) is 0.462. The van der Waals surface area contributed by atoms with E-state index in [9.17, 15) is 4.79 Å². The van der Waals surface area contributed by atoms with Crippen LogP contribution in [-0.2, 0) is 0 Å². The molecule has 1 aromatic heterocycles. The number of nitrogens with zero attached hydrogens (tertiary/aromatic N) is 1. The summed E-state index contributed by atoms with van der Waals surface area (Å²) in [5, 5.41) is 3.24. The van der Waals surface area contributed by atoms with Crippen molar-refractivity contribution in [1.82, 2.24) is 4.98 Å². The van der Waals surface area contributed by atoms with E-state index >= 15 is 0 Å². The maximum Gasteiger partial charge on any atom is 0.252 e. The van der Waals surface area contributed by atoms with E-state index in [2.05, 4.69) is 24.1 Å². The number of rotatable bonds is 6. The van der Waals surface area contributed by atoms with Crippen LogP contribution < -0.4 is 16.8 Å². The molecule has 0 spiro atoms. The van der Waals surface area contributed by atoms with Crippen LogP contribution in [0.2, 0.25) is 0 Å². The maximum absolute atomic E-state index is 11.2. The van der Waals surface area contributed by atoms with Crippen LogP contribution in [0.1, 0.15) is 30.6 Å². The van der Waals surface area contributed by atoms with Gasteiger partial charge in [0.1, 0.15) is 5.82 Å². The summed E-state index contributed by atoms with van der Waals surface area (Å²) in [4.78, 5) is 15.4. The summed E-state index contributed by atoms with van der Waals surface area (Å²) in [6.07, 6.45) is 2.46. The lowest BCUT2D eigenvalue weighted by Gasteiger charge is -2.23. The molecule has 1 rings (SSSR count). The molecule has 5 N–H and O–H groups in total. The van der Waals surface area contributed by atoms with Gasteiger partial charge in [0, 0.05) is 12.2 Å². The Labute approximate surface area is 102 Å². The number of carbonyl (C=O) groups is 1. The summed E-state index contributed by atoms with van der Waals surface area (Å²) < 4.78 is 0. The molecular formula is C12H20N4O. The van der Waals surface area contributed by atoms with Crippen LogP contribution in [-0.4, -0.2) is 23.5 Å². The quantitative estimate of drug-likeness (QED) is 0.686. The van der Waals surface area contributed by atoms with Gasteiger partial charge in [-0.1, -0.05) is 13.8 Å². The van der Waals surface area contributed by atoms with Gasteiger partial charge in [-0.05, 0) is 31.0 Å². The van der Waals surface area contributed by atoms with E-state index in [1.807, 2.05) is 0 Å². The third kappa shape index (κ3) is 3.71. The molecule has 1 aromatic rings. The zero-order valence-corrected chi connectivity index (χ0v) is 10.3. The predicted molar refractivity (Wildman–Crippen MR) is 68.7 cm³/mol. The van der Waals surface area contributed by atoms with Gasteiger partial charge >= 0.3 is 0 Å². The van der Waals surface area contributed by atoms with Crippen LogP contribution >= 0.6 is 0 Å². The number of aromatic nitrogens is 1. The van der Waals surface area contributed by atoms with E-state index in [1.165, 1.54) is 0 Å². The Hall–Kier alpha value is -1.62. The van der Waals surface area contributed by atoms with Gasteiger partial charge in [0.05, 0.1) is 5.56 Å². The van der Waals surface area contributed by atoms with Crippen molar-refractivity contribution in [1.29, 1.82) is 0 Å². The number of amides is 1. The van der Waals surface area contributed by atoms with Crippen molar-refractivity contribution in [2.45, 2.75) is 26.3 Å². The molecular weight excluding hydrogens is 216 g/mol. The molecule has 0 radical (unpaired) electrons. The summed E-state index contributed by atoms with van der Waals surface area (Å²) in [6.45, 7) is 4.79. The van der Waals surface area contributed by atoms with Crippen LogP contribution in [0.4, 0.5) is 5.82 Å². The molecule has 1 heterocycles.